The van der Waals surface area contributed by atoms with E-state index in [0.717, 1.165) is 29.1 Å². The third kappa shape index (κ3) is 3.46. The van der Waals surface area contributed by atoms with Crippen molar-refractivity contribution >= 4 is 17.2 Å². The van der Waals surface area contributed by atoms with Gasteiger partial charge in [0.25, 0.3) is 5.91 Å². The van der Waals surface area contributed by atoms with Gasteiger partial charge in [-0.15, -0.1) is 11.3 Å². The Morgan fingerprint density at radius 3 is 2.80 bits per heavy atom. The SMILES string of the molecule is Cc1csc(C(NC(=O)c2cccc(-c3noc(C)n3)c2)C2CC2)n1. The molecule has 1 amide bonds. The molecule has 4 rings (SSSR count). The van der Waals surface area contributed by atoms with Crippen molar-refractivity contribution in [1.29, 1.82) is 0 Å². The van der Waals surface area contributed by atoms with Crippen LogP contribution in [0.25, 0.3) is 11.4 Å². The number of nitrogens with one attached hydrogen (secondary N) is 1. The highest BCUT2D eigenvalue weighted by Crippen LogP contribution is 2.42. The zero-order chi connectivity index (χ0) is 17.4. The fourth-order valence-corrected chi connectivity index (χ4v) is 3.71. The molecule has 1 fully saturated rings. The van der Waals surface area contributed by atoms with Crippen LogP contribution >= 0.6 is 11.3 Å². The third-order valence-corrected chi connectivity index (χ3v) is 5.24. The number of rotatable bonds is 5. The number of hydrogen-bond donors (Lipinski definition) is 1. The van der Waals surface area contributed by atoms with Crippen LogP contribution in [0.15, 0.2) is 34.2 Å². The lowest BCUT2D eigenvalue weighted by molar-refractivity contribution is 0.0931. The zero-order valence-corrected chi connectivity index (χ0v) is 14.8. The van der Waals surface area contributed by atoms with Gasteiger partial charge in [-0.05, 0) is 37.8 Å². The van der Waals surface area contributed by atoms with E-state index in [9.17, 15) is 4.79 Å². The third-order valence-electron chi connectivity index (χ3n) is 4.19. The molecule has 1 N–H and O–H groups in total. The Hall–Kier alpha value is -2.54. The maximum Gasteiger partial charge on any atom is 0.251 e. The number of aromatic nitrogens is 3. The quantitative estimate of drug-likeness (QED) is 0.756. The Balaban J connectivity index is 1.56. The van der Waals surface area contributed by atoms with E-state index in [-0.39, 0.29) is 11.9 Å². The van der Waals surface area contributed by atoms with E-state index in [0.29, 0.717) is 23.2 Å². The van der Waals surface area contributed by atoms with E-state index in [1.807, 2.05) is 24.4 Å². The molecule has 0 aliphatic heterocycles. The van der Waals surface area contributed by atoms with E-state index in [4.69, 9.17) is 4.52 Å². The summed E-state index contributed by atoms with van der Waals surface area (Å²) in [5.74, 6) is 1.36. The average Bonchev–Trinajstić information content (AvgIpc) is 3.22. The van der Waals surface area contributed by atoms with Crippen molar-refractivity contribution in [3.8, 4) is 11.4 Å². The van der Waals surface area contributed by atoms with Crippen LogP contribution in [0.4, 0.5) is 0 Å². The minimum Gasteiger partial charge on any atom is -0.343 e. The van der Waals surface area contributed by atoms with Crippen LogP contribution in [0, 0.1) is 19.8 Å². The maximum atomic E-state index is 12.8. The van der Waals surface area contributed by atoms with Crippen LogP contribution in [-0.4, -0.2) is 21.0 Å². The molecule has 0 saturated heterocycles. The van der Waals surface area contributed by atoms with Gasteiger partial charge in [0.1, 0.15) is 5.01 Å². The molecule has 128 valence electrons. The standard InChI is InChI=1S/C18H18N4O2S/c1-10-9-25-18(19-10)15(12-6-7-12)21-17(23)14-5-3-4-13(8-14)16-20-11(2)24-22-16/h3-5,8-9,12,15H,6-7H2,1-2H3,(H,21,23). The van der Waals surface area contributed by atoms with E-state index in [1.165, 1.54) is 0 Å². The Morgan fingerprint density at radius 2 is 2.16 bits per heavy atom. The summed E-state index contributed by atoms with van der Waals surface area (Å²) in [4.78, 5) is 21.5. The summed E-state index contributed by atoms with van der Waals surface area (Å²) in [6.07, 6.45) is 2.26. The van der Waals surface area contributed by atoms with Gasteiger partial charge in [0.05, 0.1) is 6.04 Å². The van der Waals surface area contributed by atoms with Crippen molar-refractivity contribution in [2.45, 2.75) is 32.7 Å². The fraction of sp³-hybridized carbons (Fsp3) is 0.333. The summed E-state index contributed by atoms with van der Waals surface area (Å²) in [5, 5.41) is 10.1. The Bertz CT molecular complexity index is 913. The monoisotopic (exact) mass is 354 g/mol. The first-order valence-electron chi connectivity index (χ1n) is 8.24. The number of nitrogens with zero attached hydrogens (tertiary/aromatic N) is 3. The molecule has 0 spiro atoms. The summed E-state index contributed by atoms with van der Waals surface area (Å²) in [5.41, 5.74) is 2.34. The number of amides is 1. The Kier molecular flexibility index (Phi) is 4.09. The van der Waals surface area contributed by atoms with Gasteiger partial charge in [0.2, 0.25) is 11.7 Å². The predicted molar refractivity (Wildman–Crippen MR) is 94.3 cm³/mol. The number of thiazole rings is 1. The second kappa shape index (κ2) is 6.40. The molecule has 0 bridgehead atoms. The fourth-order valence-electron chi connectivity index (χ4n) is 2.77. The number of carbonyl (C=O) groups is 1. The van der Waals surface area contributed by atoms with Crippen molar-refractivity contribution < 1.29 is 9.32 Å². The normalized spacial score (nSPS) is 15.1. The highest BCUT2D eigenvalue weighted by Gasteiger charge is 2.35. The van der Waals surface area contributed by atoms with Crippen LogP contribution < -0.4 is 5.32 Å². The molecule has 1 atom stereocenters. The molecule has 1 aromatic carbocycles. The molecule has 1 unspecified atom stereocenters. The second-order valence-electron chi connectivity index (χ2n) is 6.33. The summed E-state index contributed by atoms with van der Waals surface area (Å²) < 4.78 is 5.02. The first-order chi connectivity index (χ1) is 12.1. The Labute approximate surface area is 149 Å². The van der Waals surface area contributed by atoms with Crippen molar-refractivity contribution in [2.75, 3.05) is 0 Å². The topological polar surface area (TPSA) is 80.9 Å². The minimum absolute atomic E-state index is 0.0118. The van der Waals surface area contributed by atoms with E-state index >= 15 is 0 Å². The van der Waals surface area contributed by atoms with Crippen LogP contribution in [0.2, 0.25) is 0 Å². The summed E-state index contributed by atoms with van der Waals surface area (Å²) in [7, 11) is 0. The molecule has 2 aromatic heterocycles. The molecule has 1 aliphatic carbocycles. The molecule has 1 saturated carbocycles. The van der Waals surface area contributed by atoms with E-state index in [1.54, 1.807) is 30.4 Å². The number of hydrogen-bond acceptors (Lipinski definition) is 6. The van der Waals surface area contributed by atoms with Gasteiger partial charge < -0.3 is 9.84 Å². The van der Waals surface area contributed by atoms with Crippen LogP contribution in [0.3, 0.4) is 0 Å². The first kappa shape index (κ1) is 16.0. The van der Waals surface area contributed by atoms with Gasteiger partial charge >= 0.3 is 0 Å². The number of aryl methyl sites for hydroxylation is 2. The lowest BCUT2D eigenvalue weighted by Gasteiger charge is -2.16. The summed E-state index contributed by atoms with van der Waals surface area (Å²) in [6.45, 7) is 3.71. The van der Waals surface area contributed by atoms with Gasteiger partial charge in [0, 0.05) is 29.1 Å². The minimum atomic E-state index is -0.105. The number of carbonyl (C=O) groups excluding carboxylic acids is 1. The van der Waals surface area contributed by atoms with E-state index < -0.39 is 0 Å². The first-order valence-corrected chi connectivity index (χ1v) is 9.12. The number of benzene rings is 1. The second-order valence-corrected chi connectivity index (χ2v) is 7.22. The van der Waals surface area contributed by atoms with Crippen LogP contribution in [0.1, 0.15) is 45.8 Å². The molecular weight excluding hydrogens is 336 g/mol. The lowest BCUT2D eigenvalue weighted by Crippen LogP contribution is -2.29. The highest BCUT2D eigenvalue weighted by atomic mass is 32.1. The van der Waals surface area contributed by atoms with Crippen molar-refractivity contribution in [1.82, 2.24) is 20.4 Å². The lowest BCUT2D eigenvalue weighted by atomic mass is 10.1. The van der Waals surface area contributed by atoms with Gasteiger partial charge in [-0.1, -0.05) is 17.3 Å². The molecule has 2 heterocycles. The van der Waals surface area contributed by atoms with Gasteiger partial charge in [0.15, 0.2) is 0 Å². The largest absolute Gasteiger partial charge is 0.343 e. The molecule has 0 radical (unpaired) electrons. The maximum absolute atomic E-state index is 12.8. The predicted octanol–water partition coefficient (Wildman–Crippen LogP) is 3.69. The molecule has 6 nitrogen and oxygen atoms in total. The van der Waals surface area contributed by atoms with E-state index in [2.05, 4.69) is 20.4 Å². The molecule has 7 heteroatoms. The van der Waals surface area contributed by atoms with Gasteiger partial charge in [-0.3, -0.25) is 4.79 Å². The van der Waals surface area contributed by atoms with Crippen molar-refractivity contribution in [2.24, 2.45) is 5.92 Å². The summed E-state index contributed by atoms with van der Waals surface area (Å²) in [6, 6.07) is 7.26. The van der Waals surface area contributed by atoms with Crippen LogP contribution in [-0.2, 0) is 0 Å². The Morgan fingerprint density at radius 1 is 1.32 bits per heavy atom. The highest BCUT2D eigenvalue weighted by molar-refractivity contribution is 7.09. The van der Waals surface area contributed by atoms with Crippen molar-refractivity contribution in [3.63, 3.8) is 0 Å². The molecule has 3 aromatic rings. The molecule has 1 aliphatic rings. The molecular formula is C18H18N4O2S. The zero-order valence-electron chi connectivity index (χ0n) is 14.0. The van der Waals surface area contributed by atoms with Crippen molar-refractivity contribution in [3.05, 3.63) is 51.8 Å². The smallest absolute Gasteiger partial charge is 0.251 e. The van der Waals surface area contributed by atoms with Gasteiger partial charge in [-0.2, -0.15) is 4.98 Å². The van der Waals surface area contributed by atoms with Crippen LogP contribution in [0.5, 0.6) is 0 Å². The summed E-state index contributed by atoms with van der Waals surface area (Å²) >= 11 is 1.61. The average molecular weight is 354 g/mol. The van der Waals surface area contributed by atoms with Gasteiger partial charge in [-0.25, -0.2) is 4.98 Å². The molecule has 25 heavy (non-hydrogen) atoms.